The van der Waals surface area contributed by atoms with Crippen molar-refractivity contribution in [2.45, 2.75) is 0 Å². The number of nitrogens with one attached hydrogen (secondary N) is 1. The van der Waals surface area contributed by atoms with Gasteiger partial charge in [-0.05, 0) is 59.0 Å². The molecule has 0 aliphatic rings. The van der Waals surface area contributed by atoms with Crippen molar-refractivity contribution in [1.29, 1.82) is 0 Å². The van der Waals surface area contributed by atoms with Crippen molar-refractivity contribution >= 4 is 39.9 Å². The molecule has 18 heavy (non-hydrogen) atoms. The van der Waals surface area contributed by atoms with Crippen LogP contribution >= 0.6 is 22.6 Å². The summed E-state index contributed by atoms with van der Waals surface area (Å²) in [6.07, 6.45) is 0. The summed E-state index contributed by atoms with van der Waals surface area (Å²) in [7, 11) is 0. The largest absolute Gasteiger partial charge is 0.507 e. The fourth-order valence-corrected chi connectivity index (χ4v) is 2.00. The van der Waals surface area contributed by atoms with E-state index in [0.29, 0.717) is 11.4 Å². The minimum atomic E-state index is -0.364. The zero-order valence-corrected chi connectivity index (χ0v) is 11.5. The van der Waals surface area contributed by atoms with E-state index >= 15 is 0 Å². The lowest BCUT2D eigenvalue weighted by molar-refractivity contribution is 0.102. The van der Waals surface area contributed by atoms with Gasteiger partial charge in [-0.15, -0.1) is 0 Å². The number of aromatic hydroxyl groups is 1. The third kappa shape index (κ3) is 2.92. The Hall–Kier alpha value is -1.76. The lowest BCUT2D eigenvalue weighted by Gasteiger charge is -2.07. The van der Waals surface area contributed by atoms with E-state index in [-0.39, 0.29) is 17.2 Å². The van der Waals surface area contributed by atoms with E-state index in [2.05, 4.69) is 27.9 Å². The van der Waals surface area contributed by atoms with E-state index in [0.717, 1.165) is 3.57 Å². The number of amides is 1. The van der Waals surface area contributed by atoms with Crippen LogP contribution in [0.15, 0.2) is 42.5 Å². The summed E-state index contributed by atoms with van der Waals surface area (Å²) in [6, 6.07) is 11.7. The van der Waals surface area contributed by atoms with Crippen LogP contribution < -0.4 is 11.1 Å². The van der Waals surface area contributed by atoms with Crippen LogP contribution in [0.3, 0.4) is 0 Å². The average molecular weight is 354 g/mol. The molecule has 0 unspecified atom stereocenters. The first-order valence-corrected chi connectivity index (χ1v) is 6.29. The van der Waals surface area contributed by atoms with Crippen molar-refractivity contribution in [2.24, 2.45) is 0 Å². The minimum Gasteiger partial charge on any atom is -0.507 e. The van der Waals surface area contributed by atoms with Crippen LogP contribution in [0.1, 0.15) is 10.4 Å². The number of hydrogen-bond donors (Lipinski definition) is 3. The van der Waals surface area contributed by atoms with Crippen LogP contribution in [-0.2, 0) is 0 Å². The Kier molecular flexibility index (Phi) is 3.71. The second-order valence-corrected chi connectivity index (χ2v) is 4.99. The molecule has 4 nitrogen and oxygen atoms in total. The summed E-state index contributed by atoms with van der Waals surface area (Å²) in [5.74, 6) is -0.409. The summed E-state index contributed by atoms with van der Waals surface area (Å²) in [6.45, 7) is 0. The maximum Gasteiger partial charge on any atom is 0.259 e. The Morgan fingerprint density at radius 1 is 1.22 bits per heavy atom. The maximum atomic E-state index is 12.0. The first-order valence-electron chi connectivity index (χ1n) is 5.21. The summed E-state index contributed by atoms with van der Waals surface area (Å²) in [4.78, 5) is 12.0. The number of benzene rings is 2. The van der Waals surface area contributed by atoms with Crippen molar-refractivity contribution in [1.82, 2.24) is 0 Å². The number of nitrogen functional groups attached to an aromatic ring is 1. The van der Waals surface area contributed by atoms with Gasteiger partial charge in [-0.1, -0.05) is 6.07 Å². The molecular formula is C13H11IN2O2. The molecule has 4 N–H and O–H groups in total. The van der Waals surface area contributed by atoms with Crippen LogP contribution in [0.25, 0.3) is 0 Å². The van der Waals surface area contributed by atoms with Gasteiger partial charge in [-0.2, -0.15) is 0 Å². The molecule has 0 aliphatic heterocycles. The smallest absolute Gasteiger partial charge is 0.259 e. The molecule has 0 spiro atoms. The molecule has 1 amide bonds. The SMILES string of the molecule is Nc1cccc(NC(=O)c2cc(I)ccc2O)c1. The number of carbonyl (C=O) groups is 1. The third-order valence-corrected chi connectivity index (χ3v) is 3.02. The number of phenols is 1. The van der Waals surface area contributed by atoms with Gasteiger partial charge >= 0.3 is 0 Å². The second kappa shape index (κ2) is 5.26. The van der Waals surface area contributed by atoms with E-state index in [1.54, 1.807) is 36.4 Å². The topological polar surface area (TPSA) is 75.3 Å². The number of hydrogen-bond acceptors (Lipinski definition) is 3. The van der Waals surface area contributed by atoms with E-state index < -0.39 is 0 Å². The van der Waals surface area contributed by atoms with Crippen molar-refractivity contribution in [2.75, 3.05) is 11.1 Å². The van der Waals surface area contributed by atoms with E-state index in [1.165, 1.54) is 6.07 Å². The molecule has 2 aromatic carbocycles. The summed E-state index contributed by atoms with van der Waals surface area (Å²) in [5, 5.41) is 12.3. The maximum absolute atomic E-state index is 12.0. The molecule has 0 aliphatic carbocycles. The standard InChI is InChI=1S/C13H11IN2O2/c14-8-4-5-12(17)11(6-8)13(18)16-10-3-1-2-9(15)7-10/h1-7,17H,15H2,(H,16,18). The first kappa shape index (κ1) is 12.7. The molecule has 2 aromatic rings. The number of nitrogens with two attached hydrogens (primary N) is 1. The molecule has 0 atom stereocenters. The van der Waals surface area contributed by atoms with Crippen molar-refractivity contribution in [3.05, 3.63) is 51.6 Å². The highest BCUT2D eigenvalue weighted by Gasteiger charge is 2.11. The second-order valence-electron chi connectivity index (χ2n) is 3.74. The molecule has 0 heterocycles. The van der Waals surface area contributed by atoms with E-state index in [4.69, 9.17) is 5.73 Å². The van der Waals surface area contributed by atoms with Gasteiger partial charge in [0.25, 0.3) is 5.91 Å². The fraction of sp³-hybridized carbons (Fsp3) is 0. The molecule has 0 saturated heterocycles. The van der Waals surface area contributed by atoms with Gasteiger partial charge in [-0.3, -0.25) is 4.79 Å². The van der Waals surface area contributed by atoms with Gasteiger partial charge in [0.1, 0.15) is 5.75 Å². The van der Waals surface area contributed by atoms with Crippen molar-refractivity contribution < 1.29 is 9.90 Å². The molecule has 0 radical (unpaired) electrons. The van der Waals surface area contributed by atoms with Gasteiger partial charge in [0.2, 0.25) is 0 Å². The quantitative estimate of drug-likeness (QED) is 0.574. The fourth-order valence-electron chi connectivity index (χ4n) is 1.50. The molecule has 5 heteroatoms. The molecule has 0 saturated carbocycles. The first-order chi connectivity index (χ1) is 8.56. The van der Waals surface area contributed by atoms with E-state index in [9.17, 15) is 9.90 Å². The highest BCUT2D eigenvalue weighted by molar-refractivity contribution is 14.1. The zero-order chi connectivity index (χ0) is 13.1. The highest BCUT2D eigenvalue weighted by atomic mass is 127. The Bertz CT molecular complexity index is 599. The van der Waals surface area contributed by atoms with Gasteiger partial charge in [-0.25, -0.2) is 0 Å². The molecule has 0 bridgehead atoms. The van der Waals surface area contributed by atoms with Crippen LogP contribution in [0.4, 0.5) is 11.4 Å². The minimum absolute atomic E-state index is 0.0446. The van der Waals surface area contributed by atoms with Crippen LogP contribution in [0, 0.1) is 3.57 Å². The number of anilines is 2. The monoisotopic (exact) mass is 354 g/mol. The lowest BCUT2D eigenvalue weighted by atomic mass is 10.2. The molecule has 0 fully saturated rings. The Morgan fingerprint density at radius 2 is 2.00 bits per heavy atom. The summed E-state index contributed by atoms with van der Waals surface area (Å²) < 4.78 is 0.878. The number of carbonyl (C=O) groups excluding carboxylic acids is 1. The van der Waals surface area contributed by atoms with Gasteiger partial charge in [0.15, 0.2) is 0 Å². The Morgan fingerprint density at radius 3 is 2.72 bits per heavy atom. The van der Waals surface area contributed by atoms with Crippen LogP contribution in [0.5, 0.6) is 5.75 Å². The normalized spacial score (nSPS) is 10.1. The predicted molar refractivity (Wildman–Crippen MR) is 79.6 cm³/mol. The lowest BCUT2D eigenvalue weighted by Crippen LogP contribution is -2.12. The van der Waals surface area contributed by atoms with Gasteiger partial charge in [0, 0.05) is 14.9 Å². The third-order valence-electron chi connectivity index (χ3n) is 2.35. The van der Waals surface area contributed by atoms with E-state index in [1.807, 2.05) is 0 Å². The molecule has 92 valence electrons. The van der Waals surface area contributed by atoms with Gasteiger partial charge < -0.3 is 16.2 Å². The zero-order valence-electron chi connectivity index (χ0n) is 9.35. The highest BCUT2D eigenvalue weighted by Crippen LogP contribution is 2.21. The number of halogens is 1. The van der Waals surface area contributed by atoms with Gasteiger partial charge in [0.05, 0.1) is 5.56 Å². The Labute approximate surface area is 118 Å². The molecular weight excluding hydrogens is 343 g/mol. The average Bonchev–Trinajstić information content (AvgIpc) is 2.32. The van der Waals surface area contributed by atoms with Crippen molar-refractivity contribution in [3.8, 4) is 5.75 Å². The summed E-state index contributed by atoms with van der Waals surface area (Å²) >= 11 is 2.08. The number of phenolic OH excluding ortho intramolecular Hbond substituents is 1. The summed E-state index contributed by atoms with van der Waals surface area (Å²) in [5.41, 5.74) is 7.03. The van der Waals surface area contributed by atoms with Crippen molar-refractivity contribution in [3.63, 3.8) is 0 Å². The number of rotatable bonds is 2. The van der Waals surface area contributed by atoms with Crippen LogP contribution in [-0.4, -0.2) is 11.0 Å². The Balaban J connectivity index is 2.24. The molecule has 2 rings (SSSR count). The molecule has 0 aromatic heterocycles. The predicted octanol–water partition coefficient (Wildman–Crippen LogP) is 2.83. The van der Waals surface area contributed by atoms with Crippen LogP contribution in [0.2, 0.25) is 0 Å².